The second-order valence-electron chi connectivity index (χ2n) is 7.37. The number of nitrogens with one attached hydrogen (secondary N) is 2. The summed E-state index contributed by atoms with van der Waals surface area (Å²) >= 11 is 0. The van der Waals surface area contributed by atoms with Crippen molar-refractivity contribution >= 4 is 11.7 Å². The van der Waals surface area contributed by atoms with Gasteiger partial charge in [0.05, 0.1) is 24.8 Å². The molecule has 0 saturated heterocycles. The minimum absolute atomic E-state index is 0.163. The van der Waals surface area contributed by atoms with E-state index < -0.39 is 23.3 Å². The van der Waals surface area contributed by atoms with Gasteiger partial charge in [-0.3, -0.25) is 9.59 Å². The Labute approximate surface area is 177 Å². The Kier molecular flexibility index (Phi) is 4.64. The predicted octanol–water partition coefficient (Wildman–Crippen LogP) is 2.82. The molecule has 0 saturated carbocycles. The molecule has 8 nitrogen and oxygen atoms in total. The number of H-pyrrole nitrogens is 1. The third-order valence-corrected chi connectivity index (χ3v) is 5.44. The highest BCUT2D eigenvalue weighted by molar-refractivity contribution is 5.98. The first kappa shape index (κ1) is 18.9. The summed E-state index contributed by atoms with van der Waals surface area (Å²) < 4.78 is 11.4. The zero-order valence-corrected chi connectivity index (χ0v) is 16.4. The van der Waals surface area contributed by atoms with Gasteiger partial charge in [0.15, 0.2) is 11.5 Å². The van der Waals surface area contributed by atoms with Crippen LogP contribution in [0.4, 0.5) is 5.82 Å². The van der Waals surface area contributed by atoms with E-state index in [2.05, 4.69) is 15.3 Å². The van der Waals surface area contributed by atoms with Gasteiger partial charge in [0.2, 0.25) is 5.91 Å². The van der Waals surface area contributed by atoms with Crippen molar-refractivity contribution in [3.63, 3.8) is 0 Å². The summed E-state index contributed by atoms with van der Waals surface area (Å²) in [6.07, 6.45) is 0.755. The SMILES string of the molecule is N#CC1C(=O)Nc2nc(-c3ccccc3)[nH]c(=O)c2C1c1ccc2c(c1)OCCCO2. The zero-order valence-electron chi connectivity index (χ0n) is 16.4. The van der Waals surface area contributed by atoms with Gasteiger partial charge in [-0.25, -0.2) is 4.98 Å². The number of hydrogen-bond acceptors (Lipinski definition) is 6. The second-order valence-corrected chi connectivity index (χ2v) is 7.37. The van der Waals surface area contributed by atoms with E-state index in [4.69, 9.17) is 9.47 Å². The molecule has 2 aliphatic rings. The molecule has 0 radical (unpaired) electrons. The lowest BCUT2D eigenvalue weighted by Crippen LogP contribution is -2.38. The summed E-state index contributed by atoms with van der Waals surface area (Å²) in [5.74, 6) is -0.723. The van der Waals surface area contributed by atoms with Crippen molar-refractivity contribution in [3.8, 4) is 29.0 Å². The minimum Gasteiger partial charge on any atom is -0.490 e. The molecule has 3 heterocycles. The first-order valence-corrected chi connectivity index (χ1v) is 9.95. The van der Waals surface area contributed by atoms with E-state index in [9.17, 15) is 14.9 Å². The standard InChI is InChI=1S/C23H18N4O4/c24-12-15-18(14-7-8-16-17(11-14)31-10-4-9-30-16)19-21(27-22(15)28)25-20(26-23(19)29)13-5-2-1-3-6-13/h1-3,5-8,11,15,18H,4,9-10H2,(H2,25,26,27,28,29). The lowest BCUT2D eigenvalue weighted by atomic mass is 9.79. The Balaban J connectivity index is 1.66. The minimum atomic E-state index is -1.08. The van der Waals surface area contributed by atoms with Crippen LogP contribution in [0.25, 0.3) is 11.4 Å². The zero-order chi connectivity index (χ0) is 21.4. The molecular formula is C23H18N4O4. The van der Waals surface area contributed by atoms with Crippen LogP contribution in [-0.2, 0) is 4.79 Å². The maximum absolute atomic E-state index is 13.1. The molecule has 0 spiro atoms. The van der Waals surface area contributed by atoms with E-state index in [0.29, 0.717) is 41.7 Å². The van der Waals surface area contributed by atoms with Gasteiger partial charge >= 0.3 is 0 Å². The monoisotopic (exact) mass is 414 g/mol. The summed E-state index contributed by atoms with van der Waals surface area (Å²) in [4.78, 5) is 33.2. The molecule has 0 bridgehead atoms. The number of carbonyl (C=O) groups is 1. The van der Waals surface area contributed by atoms with E-state index in [1.54, 1.807) is 18.2 Å². The van der Waals surface area contributed by atoms with Crippen LogP contribution in [0.3, 0.4) is 0 Å². The van der Waals surface area contributed by atoms with Crippen LogP contribution in [0.15, 0.2) is 53.3 Å². The normalized spacial score (nSPS) is 19.5. The van der Waals surface area contributed by atoms with E-state index >= 15 is 0 Å². The first-order valence-electron chi connectivity index (χ1n) is 9.95. The molecule has 1 amide bonds. The lowest BCUT2D eigenvalue weighted by Gasteiger charge is -2.28. The predicted molar refractivity (Wildman–Crippen MR) is 112 cm³/mol. The number of aromatic nitrogens is 2. The topological polar surface area (TPSA) is 117 Å². The molecule has 2 aromatic carbocycles. The van der Waals surface area contributed by atoms with Crippen molar-refractivity contribution in [2.24, 2.45) is 5.92 Å². The molecule has 2 N–H and O–H groups in total. The number of ether oxygens (including phenoxy) is 2. The van der Waals surface area contributed by atoms with E-state index in [-0.39, 0.29) is 11.4 Å². The van der Waals surface area contributed by atoms with E-state index in [0.717, 1.165) is 6.42 Å². The number of aromatic amines is 1. The largest absolute Gasteiger partial charge is 0.490 e. The molecule has 154 valence electrons. The van der Waals surface area contributed by atoms with Gasteiger partial charge in [-0.15, -0.1) is 0 Å². The number of nitriles is 1. The molecule has 8 heteroatoms. The van der Waals surface area contributed by atoms with Crippen LogP contribution < -0.4 is 20.3 Å². The van der Waals surface area contributed by atoms with Crippen LogP contribution in [0, 0.1) is 17.2 Å². The average molecular weight is 414 g/mol. The summed E-state index contributed by atoms with van der Waals surface area (Å²) in [6.45, 7) is 1.05. The van der Waals surface area contributed by atoms with Crippen molar-refractivity contribution in [1.29, 1.82) is 5.26 Å². The summed E-state index contributed by atoms with van der Waals surface area (Å²) in [5, 5.41) is 12.4. The molecule has 2 unspecified atom stereocenters. The van der Waals surface area contributed by atoms with Gasteiger partial charge < -0.3 is 19.8 Å². The van der Waals surface area contributed by atoms with Crippen LogP contribution in [-0.4, -0.2) is 29.1 Å². The Morgan fingerprint density at radius 3 is 2.58 bits per heavy atom. The quantitative estimate of drug-likeness (QED) is 0.666. The molecule has 5 rings (SSSR count). The maximum Gasteiger partial charge on any atom is 0.257 e. The van der Waals surface area contributed by atoms with Crippen LogP contribution in [0.5, 0.6) is 11.5 Å². The Hall–Kier alpha value is -4.12. The number of hydrogen-bond donors (Lipinski definition) is 2. The summed E-state index contributed by atoms with van der Waals surface area (Å²) in [7, 11) is 0. The van der Waals surface area contributed by atoms with Gasteiger partial charge in [-0.05, 0) is 17.7 Å². The van der Waals surface area contributed by atoms with Gasteiger partial charge in [-0.1, -0.05) is 36.4 Å². The number of rotatable bonds is 2. The van der Waals surface area contributed by atoms with Crippen LogP contribution >= 0.6 is 0 Å². The van der Waals surface area contributed by atoms with Crippen molar-refractivity contribution in [1.82, 2.24) is 9.97 Å². The Bertz CT molecular complexity index is 1260. The molecule has 1 aromatic heterocycles. The molecule has 3 aromatic rings. The number of fused-ring (bicyclic) bond motifs is 2. The fourth-order valence-electron chi connectivity index (χ4n) is 3.98. The number of carbonyl (C=O) groups excluding carboxylic acids is 1. The van der Waals surface area contributed by atoms with Crippen LogP contribution in [0.1, 0.15) is 23.5 Å². The third kappa shape index (κ3) is 3.30. The molecule has 31 heavy (non-hydrogen) atoms. The highest BCUT2D eigenvalue weighted by atomic mass is 16.5. The average Bonchev–Trinajstić information content (AvgIpc) is 3.03. The Morgan fingerprint density at radius 1 is 1.03 bits per heavy atom. The van der Waals surface area contributed by atoms with Crippen molar-refractivity contribution in [2.75, 3.05) is 18.5 Å². The summed E-state index contributed by atoms with van der Waals surface area (Å²) in [6, 6.07) is 16.4. The lowest BCUT2D eigenvalue weighted by molar-refractivity contribution is -0.119. The molecule has 0 aliphatic carbocycles. The smallest absolute Gasteiger partial charge is 0.257 e. The van der Waals surface area contributed by atoms with Crippen molar-refractivity contribution < 1.29 is 14.3 Å². The number of anilines is 1. The third-order valence-electron chi connectivity index (χ3n) is 5.44. The van der Waals surface area contributed by atoms with E-state index in [1.165, 1.54) is 0 Å². The molecule has 0 fully saturated rings. The summed E-state index contributed by atoms with van der Waals surface area (Å²) in [5.41, 5.74) is 1.18. The van der Waals surface area contributed by atoms with Crippen molar-refractivity contribution in [3.05, 3.63) is 70.0 Å². The molecule has 2 atom stereocenters. The molecule has 2 aliphatic heterocycles. The van der Waals surface area contributed by atoms with Gasteiger partial charge in [0, 0.05) is 17.9 Å². The van der Waals surface area contributed by atoms with Crippen molar-refractivity contribution in [2.45, 2.75) is 12.3 Å². The van der Waals surface area contributed by atoms with Gasteiger partial charge in [0.1, 0.15) is 17.6 Å². The highest BCUT2D eigenvalue weighted by Crippen LogP contribution is 2.41. The fraction of sp³-hybridized carbons (Fsp3) is 0.217. The maximum atomic E-state index is 13.1. The van der Waals surface area contributed by atoms with Gasteiger partial charge in [0.25, 0.3) is 5.56 Å². The number of nitrogens with zero attached hydrogens (tertiary/aromatic N) is 2. The number of benzene rings is 2. The second kappa shape index (κ2) is 7.61. The molecular weight excluding hydrogens is 396 g/mol. The van der Waals surface area contributed by atoms with Crippen LogP contribution in [0.2, 0.25) is 0 Å². The Morgan fingerprint density at radius 2 is 1.81 bits per heavy atom. The number of amides is 1. The van der Waals surface area contributed by atoms with Gasteiger partial charge in [-0.2, -0.15) is 5.26 Å². The highest BCUT2D eigenvalue weighted by Gasteiger charge is 2.40. The van der Waals surface area contributed by atoms with E-state index in [1.807, 2.05) is 36.4 Å². The first-order chi connectivity index (χ1) is 15.2. The fourth-order valence-corrected chi connectivity index (χ4v) is 3.98.